The molecule has 3 heterocycles. The van der Waals surface area contributed by atoms with E-state index in [1.54, 1.807) is 17.3 Å². The molecule has 2 amide bonds. The molecule has 2 aliphatic rings. The number of alkyl carbamates (subject to hydrolysis) is 1. The molecule has 0 radical (unpaired) electrons. The van der Waals surface area contributed by atoms with Crippen LogP contribution in [0.25, 0.3) is 0 Å². The predicted octanol–water partition coefficient (Wildman–Crippen LogP) is 0.698. The van der Waals surface area contributed by atoms with Crippen molar-refractivity contribution in [3.63, 3.8) is 0 Å². The predicted molar refractivity (Wildman–Crippen MR) is 76.9 cm³/mol. The number of pyridine rings is 1. The van der Waals surface area contributed by atoms with Gasteiger partial charge < -0.3 is 19.7 Å². The van der Waals surface area contributed by atoms with Crippen LogP contribution in [0.15, 0.2) is 24.5 Å². The van der Waals surface area contributed by atoms with Crippen LogP contribution < -0.4 is 5.32 Å². The Morgan fingerprint density at radius 3 is 2.91 bits per heavy atom. The second-order valence-electron chi connectivity index (χ2n) is 5.49. The molecular weight excluding hydrogens is 286 g/mol. The van der Waals surface area contributed by atoms with E-state index in [1.165, 1.54) is 0 Å². The zero-order chi connectivity index (χ0) is 15.4. The highest BCUT2D eigenvalue weighted by Gasteiger charge is 2.34. The number of ether oxygens (including phenoxy) is 2. The van der Waals surface area contributed by atoms with Crippen LogP contribution in [0.4, 0.5) is 4.79 Å². The Kier molecular flexibility index (Phi) is 4.53. The van der Waals surface area contributed by atoms with Crippen LogP contribution in [-0.2, 0) is 20.9 Å². The van der Waals surface area contributed by atoms with Crippen LogP contribution in [0.2, 0.25) is 0 Å². The highest BCUT2D eigenvalue weighted by atomic mass is 16.6. The largest absolute Gasteiger partial charge is 0.447 e. The van der Waals surface area contributed by atoms with Gasteiger partial charge in [-0.05, 0) is 24.5 Å². The first-order valence-electron chi connectivity index (χ1n) is 7.45. The number of hydrogen-bond donors (Lipinski definition) is 1. The number of carbonyl (C=O) groups is 2. The Labute approximate surface area is 128 Å². The maximum absolute atomic E-state index is 12.2. The standard InChI is InChI=1S/C15H19N3O4/c19-14(13-10-22-15(20)17-13)18-6-3-12(4-7-18)21-9-11-2-1-5-16-8-11/h1-2,5,8,12-13H,3-4,6-7,9-10H2,(H,17,20)/t13-/m0/s1. The maximum atomic E-state index is 12.2. The number of likely N-dealkylation sites (tertiary alicyclic amines) is 1. The van der Waals surface area contributed by atoms with Crippen LogP contribution >= 0.6 is 0 Å². The lowest BCUT2D eigenvalue weighted by molar-refractivity contribution is -0.135. The lowest BCUT2D eigenvalue weighted by Gasteiger charge is -2.33. The van der Waals surface area contributed by atoms with E-state index in [4.69, 9.17) is 9.47 Å². The van der Waals surface area contributed by atoms with Crippen molar-refractivity contribution >= 4 is 12.0 Å². The SMILES string of the molecule is O=C1N[C@H](C(=O)N2CCC(OCc3cccnc3)CC2)CO1. The van der Waals surface area contributed by atoms with E-state index in [0.29, 0.717) is 19.7 Å². The van der Waals surface area contributed by atoms with Gasteiger partial charge in [0, 0.05) is 25.5 Å². The number of nitrogens with zero attached hydrogens (tertiary/aromatic N) is 2. The van der Waals surface area contributed by atoms with Gasteiger partial charge in [0.2, 0.25) is 5.91 Å². The van der Waals surface area contributed by atoms with Crippen molar-refractivity contribution in [1.82, 2.24) is 15.2 Å². The lowest BCUT2D eigenvalue weighted by atomic mass is 10.1. The fourth-order valence-electron chi connectivity index (χ4n) is 2.68. The number of rotatable bonds is 4. The molecule has 7 nitrogen and oxygen atoms in total. The van der Waals surface area contributed by atoms with Crippen LogP contribution in [0.5, 0.6) is 0 Å². The van der Waals surface area contributed by atoms with Gasteiger partial charge in [-0.25, -0.2) is 4.79 Å². The minimum Gasteiger partial charge on any atom is -0.447 e. The number of carbonyl (C=O) groups excluding carboxylic acids is 2. The molecule has 3 rings (SSSR count). The minimum atomic E-state index is -0.541. The van der Waals surface area contributed by atoms with Gasteiger partial charge in [-0.2, -0.15) is 0 Å². The van der Waals surface area contributed by atoms with Gasteiger partial charge in [0.05, 0.1) is 12.7 Å². The minimum absolute atomic E-state index is 0.0726. The summed E-state index contributed by atoms with van der Waals surface area (Å²) in [6.45, 7) is 1.94. The third-order valence-corrected chi connectivity index (χ3v) is 3.93. The topological polar surface area (TPSA) is 80.8 Å². The van der Waals surface area contributed by atoms with Gasteiger partial charge in [-0.1, -0.05) is 6.07 Å². The monoisotopic (exact) mass is 305 g/mol. The molecule has 0 saturated carbocycles. The smallest absolute Gasteiger partial charge is 0.407 e. The summed E-state index contributed by atoms with van der Waals surface area (Å²) in [6, 6.07) is 3.33. The van der Waals surface area contributed by atoms with Gasteiger partial charge in [0.25, 0.3) is 0 Å². The number of hydrogen-bond acceptors (Lipinski definition) is 5. The highest BCUT2D eigenvalue weighted by molar-refractivity contribution is 5.87. The van der Waals surface area contributed by atoms with E-state index in [9.17, 15) is 9.59 Å². The summed E-state index contributed by atoms with van der Waals surface area (Å²) < 4.78 is 10.6. The molecule has 2 saturated heterocycles. The van der Waals surface area contributed by atoms with Gasteiger partial charge >= 0.3 is 6.09 Å². The van der Waals surface area contributed by atoms with Crippen molar-refractivity contribution in [2.45, 2.75) is 31.6 Å². The van der Waals surface area contributed by atoms with Crippen molar-refractivity contribution in [2.75, 3.05) is 19.7 Å². The summed E-state index contributed by atoms with van der Waals surface area (Å²) in [4.78, 5) is 29.0. The molecule has 0 bridgehead atoms. The Balaban J connectivity index is 1.42. The van der Waals surface area contributed by atoms with Gasteiger partial charge in [0.1, 0.15) is 12.6 Å². The Hall–Kier alpha value is -2.15. The van der Waals surface area contributed by atoms with E-state index in [0.717, 1.165) is 18.4 Å². The van der Waals surface area contributed by atoms with Crippen molar-refractivity contribution < 1.29 is 19.1 Å². The van der Waals surface area contributed by atoms with Crippen molar-refractivity contribution in [3.05, 3.63) is 30.1 Å². The maximum Gasteiger partial charge on any atom is 0.407 e. The first kappa shape index (κ1) is 14.8. The van der Waals surface area contributed by atoms with Crippen LogP contribution in [0.1, 0.15) is 18.4 Å². The molecular formula is C15H19N3O4. The second-order valence-corrected chi connectivity index (χ2v) is 5.49. The van der Waals surface area contributed by atoms with Crippen LogP contribution in [0, 0.1) is 0 Å². The molecule has 7 heteroatoms. The molecule has 0 unspecified atom stereocenters. The van der Waals surface area contributed by atoms with E-state index in [-0.39, 0.29) is 18.6 Å². The normalized spacial score (nSPS) is 22.3. The highest BCUT2D eigenvalue weighted by Crippen LogP contribution is 2.17. The first-order chi connectivity index (χ1) is 10.7. The lowest BCUT2D eigenvalue weighted by Crippen LogP contribution is -2.49. The summed E-state index contributed by atoms with van der Waals surface area (Å²) in [7, 11) is 0. The molecule has 22 heavy (non-hydrogen) atoms. The quantitative estimate of drug-likeness (QED) is 0.885. The number of amides is 2. The number of piperidine rings is 1. The number of cyclic esters (lactones) is 1. The summed E-state index contributed by atoms with van der Waals surface area (Å²) >= 11 is 0. The average Bonchev–Trinajstić information content (AvgIpc) is 3.00. The number of aromatic nitrogens is 1. The first-order valence-corrected chi connectivity index (χ1v) is 7.45. The van der Waals surface area contributed by atoms with E-state index in [1.807, 2.05) is 12.1 Å². The van der Waals surface area contributed by atoms with Gasteiger partial charge in [-0.15, -0.1) is 0 Å². The fourth-order valence-corrected chi connectivity index (χ4v) is 2.68. The number of nitrogens with one attached hydrogen (secondary N) is 1. The second kappa shape index (κ2) is 6.74. The van der Waals surface area contributed by atoms with E-state index < -0.39 is 12.1 Å². The third kappa shape index (κ3) is 3.54. The third-order valence-electron chi connectivity index (χ3n) is 3.93. The summed E-state index contributed by atoms with van der Waals surface area (Å²) in [5.41, 5.74) is 1.05. The van der Waals surface area contributed by atoms with Crippen LogP contribution in [-0.4, -0.2) is 53.7 Å². The molecule has 0 aliphatic carbocycles. The molecule has 0 spiro atoms. The molecule has 1 aromatic rings. The van der Waals surface area contributed by atoms with Crippen molar-refractivity contribution in [2.24, 2.45) is 0 Å². The summed E-state index contributed by atoms with van der Waals surface area (Å²) in [6.07, 6.45) is 4.76. The van der Waals surface area contributed by atoms with Crippen molar-refractivity contribution in [3.8, 4) is 0 Å². The van der Waals surface area contributed by atoms with Crippen molar-refractivity contribution in [1.29, 1.82) is 0 Å². The summed E-state index contributed by atoms with van der Waals surface area (Å²) in [5, 5.41) is 2.52. The van der Waals surface area contributed by atoms with E-state index in [2.05, 4.69) is 10.3 Å². The molecule has 1 atom stereocenters. The molecule has 1 N–H and O–H groups in total. The molecule has 2 fully saturated rings. The van der Waals surface area contributed by atoms with Gasteiger partial charge in [-0.3, -0.25) is 9.78 Å². The zero-order valence-corrected chi connectivity index (χ0v) is 12.2. The fraction of sp³-hybridized carbons (Fsp3) is 0.533. The van der Waals surface area contributed by atoms with E-state index >= 15 is 0 Å². The summed E-state index contributed by atoms with van der Waals surface area (Å²) in [5.74, 6) is -0.0726. The molecule has 1 aromatic heterocycles. The zero-order valence-electron chi connectivity index (χ0n) is 12.2. The van der Waals surface area contributed by atoms with Crippen LogP contribution in [0.3, 0.4) is 0 Å². The Morgan fingerprint density at radius 1 is 1.45 bits per heavy atom. The van der Waals surface area contributed by atoms with Gasteiger partial charge in [0.15, 0.2) is 0 Å². The molecule has 0 aromatic carbocycles. The Morgan fingerprint density at radius 2 is 2.27 bits per heavy atom. The average molecular weight is 305 g/mol. The molecule has 2 aliphatic heterocycles. The molecule has 118 valence electrons. The Bertz CT molecular complexity index is 529.